The van der Waals surface area contributed by atoms with Gasteiger partial charge >= 0.3 is 0 Å². The smallest absolute Gasteiger partial charge is 0.274 e. The maximum atomic E-state index is 13.2. The third-order valence-corrected chi connectivity index (χ3v) is 8.35. The average molecular weight is 427 g/mol. The molecule has 10 nitrogen and oxygen atoms in total. The third-order valence-electron chi connectivity index (χ3n) is 5.41. The molecule has 3 rings (SSSR count). The van der Waals surface area contributed by atoms with E-state index in [1.807, 2.05) is 18.4 Å². The van der Waals surface area contributed by atoms with Gasteiger partial charge in [-0.1, -0.05) is 13.8 Å². The molecule has 3 N–H and O–H groups in total. The molecule has 0 amide bonds. The van der Waals surface area contributed by atoms with Crippen molar-refractivity contribution in [3.8, 4) is 0 Å². The van der Waals surface area contributed by atoms with E-state index in [1.54, 1.807) is 31.4 Å². The highest BCUT2D eigenvalue weighted by atomic mass is 31.2. The molecule has 0 aromatic carbocycles. The quantitative estimate of drug-likeness (QED) is 0.637. The molecule has 3 heterocycles. The SMILES string of the molecule is CC(C)N1C[C@@H](COP(=O)(C(C)C)N(C)C)O[C@@H](n2cnc3c2NC=NC3N)C1. The molecule has 1 fully saturated rings. The van der Waals surface area contributed by atoms with E-state index in [0.29, 0.717) is 24.8 Å². The molecular weight excluding hydrogens is 393 g/mol. The maximum Gasteiger partial charge on any atom is 0.274 e. The summed E-state index contributed by atoms with van der Waals surface area (Å²) >= 11 is 0. The second-order valence-electron chi connectivity index (χ2n) is 8.31. The summed E-state index contributed by atoms with van der Waals surface area (Å²) in [5, 5.41) is 3.13. The van der Waals surface area contributed by atoms with E-state index in [-0.39, 0.29) is 24.6 Å². The third kappa shape index (κ3) is 4.57. The first-order valence-corrected chi connectivity index (χ1v) is 11.7. The number of aromatic nitrogens is 2. The van der Waals surface area contributed by atoms with Crippen molar-refractivity contribution in [2.45, 2.75) is 57.9 Å². The molecule has 2 unspecified atom stereocenters. The number of nitrogens with two attached hydrogens (primary N) is 1. The molecule has 1 saturated heterocycles. The standard InChI is InChI=1S/C18H34N7O3P/c1-12(2)24-7-14(9-27-29(26,13(3)4)23(5)6)28-15(8-24)25-11-22-16-17(19)20-10-21-18(16)25/h10-15,17H,7-9,19H2,1-6H3,(H,20,21)/t14-,15+,17?,29?/m0/s1. The van der Waals surface area contributed by atoms with E-state index in [4.69, 9.17) is 15.0 Å². The number of aliphatic imine (C=N–C) groups is 1. The summed E-state index contributed by atoms with van der Waals surface area (Å²) in [6.07, 6.45) is 2.36. The summed E-state index contributed by atoms with van der Waals surface area (Å²) in [6.45, 7) is 9.83. The molecule has 164 valence electrons. The molecule has 0 saturated carbocycles. The van der Waals surface area contributed by atoms with Crippen molar-refractivity contribution in [1.29, 1.82) is 0 Å². The maximum absolute atomic E-state index is 13.2. The number of rotatable bonds is 7. The van der Waals surface area contributed by atoms with Gasteiger partial charge in [0, 0.05) is 24.8 Å². The lowest BCUT2D eigenvalue weighted by Crippen LogP contribution is -2.50. The zero-order valence-corrected chi connectivity index (χ0v) is 19.0. The predicted octanol–water partition coefficient (Wildman–Crippen LogP) is 2.08. The number of morpholine rings is 1. The van der Waals surface area contributed by atoms with Gasteiger partial charge in [0.25, 0.3) is 7.52 Å². The molecule has 29 heavy (non-hydrogen) atoms. The van der Waals surface area contributed by atoms with Crippen LogP contribution in [0.4, 0.5) is 5.82 Å². The van der Waals surface area contributed by atoms with Crippen LogP contribution in [-0.2, 0) is 13.8 Å². The zero-order chi connectivity index (χ0) is 21.3. The summed E-state index contributed by atoms with van der Waals surface area (Å²) in [5.74, 6) is 0.795. The zero-order valence-electron chi connectivity index (χ0n) is 18.1. The fourth-order valence-electron chi connectivity index (χ4n) is 3.64. The van der Waals surface area contributed by atoms with Crippen LogP contribution >= 0.6 is 7.52 Å². The van der Waals surface area contributed by atoms with E-state index >= 15 is 0 Å². The van der Waals surface area contributed by atoms with Crippen molar-refractivity contribution >= 4 is 19.7 Å². The minimum Gasteiger partial charge on any atom is -0.350 e. The van der Waals surface area contributed by atoms with Gasteiger partial charge in [0.05, 0.1) is 25.4 Å². The van der Waals surface area contributed by atoms with Gasteiger partial charge in [-0.15, -0.1) is 0 Å². The Morgan fingerprint density at radius 3 is 2.72 bits per heavy atom. The Hall–Kier alpha value is -1.29. The Morgan fingerprint density at radius 2 is 2.10 bits per heavy atom. The van der Waals surface area contributed by atoms with Crippen LogP contribution < -0.4 is 11.1 Å². The molecule has 1 aromatic heterocycles. The number of fused-ring (bicyclic) bond motifs is 1. The van der Waals surface area contributed by atoms with Crippen molar-refractivity contribution in [1.82, 2.24) is 19.1 Å². The van der Waals surface area contributed by atoms with Gasteiger partial charge in [0.2, 0.25) is 0 Å². The lowest BCUT2D eigenvalue weighted by molar-refractivity contribution is -0.137. The van der Waals surface area contributed by atoms with Crippen LogP contribution in [0.2, 0.25) is 0 Å². The second-order valence-corrected chi connectivity index (χ2v) is 11.5. The number of ether oxygens (including phenoxy) is 1. The highest BCUT2D eigenvalue weighted by Crippen LogP contribution is 2.53. The van der Waals surface area contributed by atoms with Crippen LogP contribution in [0.5, 0.6) is 0 Å². The number of nitrogens with one attached hydrogen (secondary N) is 1. The monoisotopic (exact) mass is 427 g/mol. The Labute approximate surface area is 172 Å². The fraction of sp³-hybridized carbons (Fsp3) is 0.778. The first-order chi connectivity index (χ1) is 13.6. The van der Waals surface area contributed by atoms with Gasteiger partial charge in [-0.2, -0.15) is 0 Å². The molecule has 0 bridgehead atoms. The number of hydrogen-bond acceptors (Lipinski definition) is 8. The van der Waals surface area contributed by atoms with Crippen LogP contribution in [0.1, 0.15) is 45.8 Å². The molecule has 2 aliphatic rings. The van der Waals surface area contributed by atoms with E-state index in [1.165, 1.54) is 0 Å². The molecular formula is C18H34N7O3P. The second kappa shape index (κ2) is 8.83. The van der Waals surface area contributed by atoms with Crippen LogP contribution in [0, 0.1) is 0 Å². The number of imidazole rings is 1. The number of nitrogens with zero attached hydrogens (tertiary/aromatic N) is 5. The van der Waals surface area contributed by atoms with Gasteiger partial charge < -0.3 is 20.3 Å². The van der Waals surface area contributed by atoms with Crippen LogP contribution in [0.15, 0.2) is 11.3 Å². The number of hydrogen-bond donors (Lipinski definition) is 2. The summed E-state index contributed by atoms with van der Waals surface area (Å²) in [6, 6.07) is 0.339. The fourth-order valence-corrected chi connectivity index (χ4v) is 5.47. The Balaban J connectivity index is 1.78. The summed E-state index contributed by atoms with van der Waals surface area (Å²) in [7, 11) is 0.672. The van der Waals surface area contributed by atoms with Crippen LogP contribution in [-0.4, -0.2) is 77.1 Å². The van der Waals surface area contributed by atoms with E-state index in [0.717, 1.165) is 5.82 Å². The van der Waals surface area contributed by atoms with E-state index in [9.17, 15) is 4.57 Å². The average Bonchev–Trinajstić information content (AvgIpc) is 3.11. The molecule has 11 heteroatoms. The highest BCUT2D eigenvalue weighted by molar-refractivity contribution is 7.57. The van der Waals surface area contributed by atoms with E-state index in [2.05, 4.69) is 34.0 Å². The lowest BCUT2D eigenvalue weighted by atomic mass is 10.2. The molecule has 0 spiro atoms. The lowest BCUT2D eigenvalue weighted by Gasteiger charge is -2.41. The van der Waals surface area contributed by atoms with Crippen molar-refractivity contribution in [2.75, 3.05) is 39.1 Å². The molecule has 0 radical (unpaired) electrons. The van der Waals surface area contributed by atoms with Crippen molar-refractivity contribution in [2.24, 2.45) is 10.7 Å². The summed E-state index contributed by atoms with van der Waals surface area (Å²) in [5.41, 5.74) is 6.63. The normalized spacial score (nSPS) is 27.3. The minimum absolute atomic E-state index is 0.0938. The Morgan fingerprint density at radius 1 is 1.38 bits per heavy atom. The van der Waals surface area contributed by atoms with Crippen LogP contribution in [0.25, 0.3) is 0 Å². The molecule has 0 aliphatic carbocycles. The Kier molecular flexibility index (Phi) is 6.82. The van der Waals surface area contributed by atoms with Gasteiger partial charge in [-0.3, -0.25) is 19.0 Å². The van der Waals surface area contributed by atoms with E-state index < -0.39 is 13.7 Å². The summed E-state index contributed by atoms with van der Waals surface area (Å²) < 4.78 is 29.2. The van der Waals surface area contributed by atoms with Gasteiger partial charge in [0.1, 0.15) is 23.9 Å². The molecule has 2 aliphatic heterocycles. The topological polar surface area (TPSA) is 110 Å². The van der Waals surface area contributed by atoms with Crippen LogP contribution in [0.3, 0.4) is 0 Å². The highest BCUT2D eigenvalue weighted by Gasteiger charge is 2.36. The summed E-state index contributed by atoms with van der Waals surface area (Å²) in [4.78, 5) is 10.9. The largest absolute Gasteiger partial charge is 0.350 e. The van der Waals surface area contributed by atoms with Gasteiger partial charge in [-0.25, -0.2) is 9.65 Å². The first kappa shape index (κ1) is 22.4. The van der Waals surface area contributed by atoms with Crippen molar-refractivity contribution in [3.63, 3.8) is 0 Å². The van der Waals surface area contributed by atoms with Gasteiger partial charge in [-0.05, 0) is 27.9 Å². The molecule has 4 atom stereocenters. The first-order valence-electron chi connectivity index (χ1n) is 10.1. The Bertz CT molecular complexity index is 768. The van der Waals surface area contributed by atoms with Gasteiger partial charge in [0.15, 0.2) is 0 Å². The van der Waals surface area contributed by atoms with Crippen molar-refractivity contribution < 1.29 is 13.8 Å². The minimum atomic E-state index is -2.91. The number of anilines is 1. The molecule has 1 aromatic rings. The predicted molar refractivity (Wildman–Crippen MR) is 114 cm³/mol. The van der Waals surface area contributed by atoms with Crippen molar-refractivity contribution in [3.05, 3.63) is 12.0 Å².